The molecule has 24 heavy (non-hydrogen) atoms. The minimum atomic E-state index is -3.62. The smallest absolute Gasteiger partial charge is 0.240 e. The summed E-state index contributed by atoms with van der Waals surface area (Å²) in [6.07, 6.45) is 0.441. The SMILES string of the molecule is O=C1C[C@H](c2ccc(S(=O)(=O)NCc3ccccc3Cl)cc2)CN1. The average Bonchev–Trinajstić information content (AvgIpc) is 3.01. The largest absolute Gasteiger partial charge is 0.355 e. The van der Waals surface area contributed by atoms with E-state index in [0.29, 0.717) is 18.0 Å². The fourth-order valence-corrected chi connectivity index (χ4v) is 3.87. The molecule has 1 saturated heterocycles. The summed E-state index contributed by atoms with van der Waals surface area (Å²) in [7, 11) is -3.62. The standard InChI is InChI=1S/C17H17ClN2O3S/c18-16-4-2-1-3-13(16)11-20-24(22,23)15-7-5-12(6-8-15)14-9-17(21)19-10-14/h1-8,14,20H,9-11H2,(H,19,21)/t14-/m0/s1. The van der Waals surface area contributed by atoms with E-state index in [9.17, 15) is 13.2 Å². The van der Waals surface area contributed by atoms with Crippen LogP contribution in [0.1, 0.15) is 23.5 Å². The highest BCUT2D eigenvalue weighted by Gasteiger charge is 2.23. The summed E-state index contributed by atoms with van der Waals surface area (Å²) in [6.45, 7) is 0.723. The summed E-state index contributed by atoms with van der Waals surface area (Å²) < 4.78 is 27.3. The van der Waals surface area contributed by atoms with E-state index in [1.165, 1.54) is 0 Å². The molecule has 0 unspecified atom stereocenters. The number of nitrogens with one attached hydrogen (secondary N) is 2. The van der Waals surface area contributed by atoms with Gasteiger partial charge in [-0.2, -0.15) is 0 Å². The van der Waals surface area contributed by atoms with E-state index in [1.54, 1.807) is 48.5 Å². The van der Waals surface area contributed by atoms with Gasteiger partial charge >= 0.3 is 0 Å². The lowest BCUT2D eigenvalue weighted by Gasteiger charge is -2.11. The van der Waals surface area contributed by atoms with Gasteiger partial charge in [-0.1, -0.05) is 41.9 Å². The molecule has 1 aliphatic heterocycles. The maximum Gasteiger partial charge on any atom is 0.240 e. The van der Waals surface area contributed by atoms with Gasteiger partial charge in [-0.15, -0.1) is 0 Å². The molecule has 3 rings (SSSR count). The van der Waals surface area contributed by atoms with Gasteiger partial charge in [0.2, 0.25) is 15.9 Å². The van der Waals surface area contributed by atoms with Crippen molar-refractivity contribution in [3.8, 4) is 0 Å². The number of rotatable bonds is 5. The van der Waals surface area contributed by atoms with Gasteiger partial charge in [0.1, 0.15) is 0 Å². The second-order valence-electron chi connectivity index (χ2n) is 5.69. The Morgan fingerprint density at radius 3 is 2.46 bits per heavy atom. The summed E-state index contributed by atoms with van der Waals surface area (Å²) >= 11 is 6.04. The van der Waals surface area contributed by atoms with E-state index in [0.717, 1.165) is 11.1 Å². The van der Waals surface area contributed by atoms with Crippen LogP contribution >= 0.6 is 11.6 Å². The van der Waals surface area contributed by atoms with Crippen LogP contribution in [0, 0.1) is 0 Å². The highest BCUT2D eigenvalue weighted by Crippen LogP contribution is 2.24. The van der Waals surface area contributed by atoms with Crippen molar-refractivity contribution in [2.45, 2.75) is 23.8 Å². The topological polar surface area (TPSA) is 75.3 Å². The van der Waals surface area contributed by atoms with Gasteiger partial charge < -0.3 is 5.32 Å². The van der Waals surface area contributed by atoms with Gasteiger partial charge in [0, 0.05) is 30.5 Å². The van der Waals surface area contributed by atoms with E-state index in [1.807, 2.05) is 0 Å². The number of amides is 1. The maximum atomic E-state index is 12.4. The molecule has 1 aliphatic rings. The van der Waals surface area contributed by atoms with Crippen LogP contribution in [0.5, 0.6) is 0 Å². The molecular formula is C17H17ClN2O3S. The molecule has 0 saturated carbocycles. The number of carbonyl (C=O) groups excluding carboxylic acids is 1. The van der Waals surface area contributed by atoms with Crippen molar-refractivity contribution in [2.24, 2.45) is 0 Å². The van der Waals surface area contributed by atoms with Crippen LogP contribution in [0.4, 0.5) is 0 Å². The van der Waals surface area contributed by atoms with Crippen LogP contribution in [0.15, 0.2) is 53.4 Å². The zero-order valence-electron chi connectivity index (χ0n) is 12.8. The monoisotopic (exact) mass is 364 g/mol. The van der Waals surface area contributed by atoms with Crippen LogP contribution in [0.25, 0.3) is 0 Å². The normalized spacial score (nSPS) is 17.7. The molecule has 0 aliphatic carbocycles. The van der Waals surface area contributed by atoms with E-state index in [-0.39, 0.29) is 23.3 Å². The minimum absolute atomic E-state index is 0.0260. The number of benzene rings is 2. The average molecular weight is 365 g/mol. The molecule has 5 nitrogen and oxygen atoms in total. The second kappa shape index (κ2) is 6.93. The molecule has 2 N–H and O–H groups in total. The summed E-state index contributed by atoms with van der Waals surface area (Å²) in [5.74, 6) is 0.128. The fraction of sp³-hybridized carbons (Fsp3) is 0.235. The van der Waals surface area contributed by atoms with E-state index in [4.69, 9.17) is 11.6 Å². The van der Waals surface area contributed by atoms with E-state index < -0.39 is 10.0 Å². The van der Waals surface area contributed by atoms with Crippen LogP contribution in [0.3, 0.4) is 0 Å². The lowest BCUT2D eigenvalue weighted by Crippen LogP contribution is -2.23. The van der Waals surface area contributed by atoms with E-state index >= 15 is 0 Å². The first-order valence-electron chi connectivity index (χ1n) is 7.55. The maximum absolute atomic E-state index is 12.4. The predicted octanol–water partition coefficient (Wildman–Crippen LogP) is 2.42. The number of carbonyl (C=O) groups is 1. The van der Waals surface area contributed by atoms with Gasteiger partial charge in [0.05, 0.1) is 4.90 Å². The molecular weight excluding hydrogens is 348 g/mol. The van der Waals surface area contributed by atoms with Crippen molar-refractivity contribution in [3.05, 3.63) is 64.7 Å². The van der Waals surface area contributed by atoms with Crippen molar-refractivity contribution in [2.75, 3.05) is 6.54 Å². The molecule has 2 aromatic carbocycles. The van der Waals surface area contributed by atoms with Gasteiger partial charge in [0.15, 0.2) is 0 Å². The summed E-state index contributed by atoms with van der Waals surface area (Å²) in [5.41, 5.74) is 1.67. The third-order valence-corrected chi connectivity index (χ3v) is 5.84. The molecule has 0 radical (unpaired) electrons. The van der Waals surface area contributed by atoms with E-state index in [2.05, 4.69) is 10.0 Å². The Bertz CT molecular complexity index is 850. The Kier molecular flexibility index (Phi) is 4.89. The Morgan fingerprint density at radius 1 is 1.12 bits per heavy atom. The third-order valence-electron chi connectivity index (χ3n) is 4.05. The highest BCUT2D eigenvalue weighted by molar-refractivity contribution is 7.89. The lowest BCUT2D eigenvalue weighted by atomic mass is 9.99. The fourth-order valence-electron chi connectivity index (χ4n) is 2.66. The molecule has 7 heteroatoms. The lowest BCUT2D eigenvalue weighted by molar-refractivity contribution is -0.119. The zero-order chi connectivity index (χ0) is 17.2. The van der Waals surface area contributed by atoms with Gasteiger partial charge in [-0.05, 0) is 29.3 Å². The Labute approximate surface area is 146 Å². The molecule has 2 aromatic rings. The first-order valence-corrected chi connectivity index (χ1v) is 9.41. The van der Waals surface area contributed by atoms with Crippen molar-refractivity contribution in [1.82, 2.24) is 10.0 Å². The zero-order valence-corrected chi connectivity index (χ0v) is 14.4. The number of hydrogen-bond acceptors (Lipinski definition) is 3. The van der Waals surface area contributed by atoms with Gasteiger partial charge in [0.25, 0.3) is 0 Å². The van der Waals surface area contributed by atoms with Crippen LogP contribution in [-0.2, 0) is 21.4 Å². The van der Waals surface area contributed by atoms with Crippen LogP contribution in [0.2, 0.25) is 5.02 Å². The number of hydrogen-bond donors (Lipinski definition) is 2. The van der Waals surface area contributed by atoms with Crippen LogP contribution < -0.4 is 10.0 Å². The molecule has 1 heterocycles. The molecule has 0 aromatic heterocycles. The van der Waals surface area contributed by atoms with Crippen molar-refractivity contribution < 1.29 is 13.2 Å². The first kappa shape index (κ1) is 17.0. The molecule has 1 atom stereocenters. The molecule has 126 valence electrons. The molecule has 0 spiro atoms. The molecule has 1 amide bonds. The summed E-state index contributed by atoms with van der Waals surface area (Å²) in [5, 5.41) is 3.30. The Hall–Kier alpha value is -1.89. The van der Waals surface area contributed by atoms with Gasteiger partial charge in [-0.3, -0.25) is 4.79 Å². The number of halogens is 1. The molecule has 0 bridgehead atoms. The highest BCUT2D eigenvalue weighted by atomic mass is 35.5. The Balaban J connectivity index is 1.70. The molecule has 1 fully saturated rings. The first-order chi connectivity index (χ1) is 11.5. The minimum Gasteiger partial charge on any atom is -0.355 e. The van der Waals surface area contributed by atoms with Crippen molar-refractivity contribution in [3.63, 3.8) is 0 Å². The summed E-state index contributed by atoms with van der Waals surface area (Å²) in [4.78, 5) is 11.5. The Morgan fingerprint density at radius 2 is 1.83 bits per heavy atom. The predicted molar refractivity (Wildman–Crippen MR) is 92.3 cm³/mol. The van der Waals surface area contributed by atoms with Crippen molar-refractivity contribution >= 4 is 27.5 Å². The van der Waals surface area contributed by atoms with Gasteiger partial charge in [-0.25, -0.2) is 13.1 Å². The van der Waals surface area contributed by atoms with Crippen molar-refractivity contribution in [1.29, 1.82) is 0 Å². The third kappa shape index (κ3) is 3.77. The quantitative estimate of drug-likeness (QED) is 0.855. The second-order valence-corrected chi connectivity index (χ2v) is 7.86. The number of sulfonamides is 1. The van der Waals surface area contributed by atoms with Crippen LogP contribution in [-0.4, -0.2) is 20.9 Å². The summed E-state index contributed by atoms with van der Waals surface area (Å²) in [6, 6.07) is 13.7.